The summed E-state index contributed by atoms with van der Waals surface area (Å²) in [6.07, 6.45) is 3.51. The number of benzene rings is 1. The van der Waals surface area contributed by atoms with Crippen LogP contribution in [0.1, 0.15) is 18.4 Å². The topological polar surface area (TPSA) is 76.2 Å². The molecule has 0 bridgehead atoms. The zero-order valence-electron chi connectivity index (χ0n) is 14.7. The van der Waals surface area contributed by atoms with Gasteiger partial charge in [0.15, 0.2) is 0 Å². The molecule has 1 aromatic carbocycles. The Balaban J connectivity index is 1.80. The summed E-state index contributed by atoms with van der Waals surface area (Å²) in [6, 6.07) is 5.20. The fourth-order valence-electron chi connectivity index (χ4n) is 2.93. The Labute approximate surface area is 155 Å². The zero-order chi connectivity index (χ0) is 18.7. The Bertz CT molecular complexity index is 771. The molecule has 0 aromatic heterocycles. The number of ether oxygens (including phenoxy) is 2. The van der Waals surface area contributed by atoms with E-state index in [1.165, 1.54) is 7.11 Å². The Morgan fingerprint density at radius 3 is 2.58 bits per heavy atom. The summed E-state index contributed by atoms with van der Waals surface area (Å²) in [7, 11) is 3.07. The van der Waals surface area contributed by atoms with Crippen LogP contribution in [0.15, 0.2) is 23.1 Å². The summed E-state index contributed by atoms with van der Waals surface area (Å²) in [5, 5.41) is -0.435. The Hall–Kier alpha value is -2.48. The minimum atomic E-state index is -0.461. The van der Waals surface area contributed by atoms with Gasteiger partial charge in [-0.15, -0.1) is 0 Å². The van der Waals surface area contributed by atoms with Crippen molar-refractivity contribution in [2.45, 2.75) is 12.8 Å². The summed E-state index contributed by atoms with van der Waals surface area (Å²) in [5.74, 6) is 0.522. The first-order valence-electron chi connectivity index (χ1n) is 8.28. The first-order chi connectivity index (χ1) is 12.5. The van der Waals surface area contributed by atoms with Crippen LogP contribution in [0.2, 0.25) is 0 Å². The second-order valence-corrected chi connectivity index (χ2v) is 6.96. The molecule has 0 spiro atoms. The zero-order valence-corrected chi connectivity index (χ0v) is 15.5. The van der Waals surface area contributed by atoms with Crippen LogP contribution in [0.5, 0.6) is 11.5 Å². The average Bonchev–Trinajstić information content (AvgIpc) is 3.26. The van der Waals surface area contributed by atoms with Crippen LogP contribution in [0.4, 0.5) is 4.79 Å². The van der Waals surface area contributed by atoms with Crippen molar-refractivity contribution in [3.05, 3.63) is 28.7 Å². The highest BCUT2D eigenvalue weighted by Gasteiger charge is 2.37. The molecule has 2 aliphatic rings. The van der Waals surface area contributed by atoms with E-state index in [2.05, 4.69) is 0 Å². The van der Waals surface area contributed by atoms with E-state index in [4.69, 9.17) is 9.47 Å². The number of likely N-dealkylation sites (tertiary alicyclic amines) is 1. The smallest absolute Gasteiger partial charge is 0.294 e. The van der Waals surface area contributed by atoms with E-state index in [9.17, 15) is 14.4 Å². The summed E-state index contributed by atoms with van der Waals surface area (Å²) in [5.41, 5.74) is 0.628. The maximum Gasteiger partial charge on any atom is 0.294 e. The van der Waals surface area contributed by atoms with Crippen molar-refractivity contribution >= 4 is 34.9 Å². The molecule has 2 aliphatic heterocycles. The van der Waals surface area contributed by atoms with Crippen molar-refractivity contribution in [3.8, 4) is 11.5 Å². The number of carbonyl (C=O) groups excluding carboxylic acids is 3. The number of hydrogen-bond acceptors (Lipinski definition) is 6. The lowest BCUT2D eigenvalue weighted by Crippen LogP contribution is -2.40. The Morgan fingerprint density at radius 1 is 1.19 bits per heavy atom. The molecule has 2 heterocycles. The molecule has 0 N–H and O–H groups in total. The molecule has 2 saturated heterocycles. The van der Waals surface area contributed by atoms with Gasteiger partial charge in [-0.2, -0.15) is 0 Å². The number of nitrogens with zero attached hydrogens (tertiary/aromatic N) is 2. The lowest BCUT2D eigenvalue weighted by atomic mass is 10.1. The van der Waals surface area contributed by atoms with Crippen LogP contribution in [0.3, 0.4) is 0 Å². The largest absolute Gasteiger partial charge is 0.497 e. The van der Waals surface area contributed by atoms with Gasteiger partial charge < -0.3 is 14.4 Å². The number of amides is 3. The number of imide groups is 1. The van der Waals surface area contributed by atoms with Gasteiger partial charge >= 0.3 is 0 Å². The highest BCUT2D eigenvalue weighted by atomic mass is 32.2. The van der Waals surface area contributed by atoms with Crippen LogP contribution in [0, 0.1) is 0 Å². The third-order valence-electron chi connectivity index (χ3n) is 4.35. The van der Waals surface area contributed by atoms with E-state index in [-0.39, 0.29) is 17.4 Å². The van der Waals surface area contributed by atoms with E-state index in [1.54, 1.807) is 36.3 Å². The van der Waals surface area contributed by atoms with Crippen molar-refractivity contribution in [1.82, 2.24) is 9.80 Å². The predicted octanol–water partition coefficient (Wildman–Crippen LogP) is 2.36. The van der Waals surface area contributed by atoms with Gasteiger partial charge in [0, 0.05) is 18.7 Å². The van der Waals surface area contributed by atoms with Crippen molar-refractivity contribution < 1.29 is 23.9 Å². The van der Waals surface area contributed by atoms with Gasteiger partial charge in [-0.25, -0.2) is 0 Å². The Morgan fingerprint density at radius 2 is 1.92 bits per heavy atom. The normalized spacial score (nSPS) is 18.8. The number of carbonyl (C=O) groups is 3. The molecule has 0 radical (unpaired) electrons. The van der Waals surface area contributed by atoms with Crippen LogP contribution in [-0.2, 0) is 9.59 Å². The summed E-state index contributed by atoms with van der Waals surface area (Å²) < 4.78 is 10.5. The molecule has 7 nitrogen and oxygen atoms in total. The lowest BCUT2D eigenvalue weighted by Gasteiger charge is -2.18. The molecule has 0 saturated carbocycles. The predicted molar refractivity (Wildman–Crippen MR) is 98.0 cm³/mol. The van der Waals surface area contributed by atoms with Gasteiger partial charge in [0.05, 0.1) is 19.1 Å². The molecule has 3 amide bonds. The minimum Gasteiger partial charge on any atom is -0.497 e. The number of rotatable bonds is 5. The SMILES string of the molecule is COc1ccc(OC)c(/C=C2\SC(=O)N(CC(=O)N3CCCC3)C2=O)c1. The highest BCUT2D eigenvalue weighted by molar-refractivity contribution is 8.18. The first kappa shape index (κ1) is 18.3. The van der Waals surface area contributed by atoms with Crippen molar-refractivity contribution in [2.24, 2.45) is 0 Å². The van der Waals surface area contributed by atoms with Crippen LogP contribution < -0.4 is 9.47 Å². The maximum absolute atomic E-state index is 12.6. The monoisotopic (exact) mass is 376 g/mol. The summed E-state index contributed by atoms with van der Waals surface area (Å²) in [6.45, 7) is 1.16. The van der Waals surface area contributed by atoms with E-state index >= 15 is 0 Å². The molecule has 8 heteroatoms. The molecule has 138 valence electrons. The van der Waals surface area contributed by atoms with Crippen LogP contribution in [-0.4, -0.2) is 60.7 Å². The molecule has 2 fully saturated rings. The number of hydrogen-bond donors (Lipinski definition) is 0. The fourth-order valence-corrected chi connectivity index (χ4v) is 3.76. The molecule has 26 heavy (non-hydrogen) atoms. The van der Waals surface area contributed by atoms with Gasteiger partial charge in [0.25, 0.3) is 11.1 Å². The summed E-state index contributed by atoms with van der Waals surface area (Å²) in [4.78, 5) is 40.0. The molecule has 0 atom stereocenters. The molecular formula is C18H20N2O5S. The average molecular weight is 376 g/mol. The third kappa shape index (κ3) is 3.70. The van der Waals surface area contributed by atoms with Gasteiger partial charge in [0.2, 0.25) is 5.91 Å². The van der Waals surface area contributed by atoms with Gasteiger partial charge in [-0.3, -0.25) is 19.3 Å². The maximum atomic E-state index is 12.6. The van der Waals surface area contributed by atoms with Crippen molar-refractivity contribution in [2.75, 3.05) is 33.9 Å². The fraction of sp³-hybridized carbons (Fsp3) is 0.389. The van der Waals surface area contributed by atoms with Gasteiger partial charge in [0.1, 0.15) is 18.0 Å². The molecule has 0 unspecified atom stereocenters. The first-order valence-corrected chi connectivity index (χ1v) is 9.10. The van der Waals surface area contributed by atoms with Gasteiger partial charge in [-0.1, -0.05) is 0 Å². The van der Waals surface area contributed by atoms with E-state index in [0.717, 1.165) is 29.5 Å². The molecule has 1 aromatic rings. The molecule has 3 rings (SSSR count). The lowest BCUT2D eigenvalue weighted by molar-refractivity contribution is -0.135. The van der Waals surface area contributed by atoms with Crippen molar-refractivity contribution in [1.29, 1.82) is 0 Å². The van der Waals surface area contributed by atoms with E-state index in [0.29, 0.717) is 30.2 Å². The van der Waals surface area contributed by atoms with Crippen molar-refractivity contribution in [3.63, 3.8) is 0 Å². The second kappa shape index (κ2) is 7.82. The van der Waals surface area contributed by atoms with E-state index < -0.39 is 11.1 Å². The van der Waals surface area contributed by atoms with Crippen LogP contribution >= 0.6 is 11.8 Å². The third-order valence-corrected chi connectivity index (χ3v) is 5.26. The summed E-state index contributed by atoms with van der Waals surface area (Å²) >= 11 is 0.825. The Kier molecular flexibility index (Phi) is 5.51. The highest BCUT2D eigenvalue weighted by Crippen LogP contribution is 2.35. The second-order valence-electron chi connectivity index (χ2n) is 5.96. The number of thioether (sulfide) groups is 1. The standard InChI is InChI=1S/C18H20N2O5S/c1-24-13-5-6-14(25-2)12(9-13)10-15-17(22)20(18(23)26-15)11-16(21)19-7-3-4-8-19/h5-6,9-10H,3-4,7-8,11H2,1-2H3/b15-10-. The van der Waals surface area contributed by atoms with Crippen LogP contribution in [0.25, 0.3) is 6.08 Å². The number of methoxy groups -OCH3 is 2. The minimum absolute atomic E-state index is 0.190. The van der Waals surface area contributed by atoms with E-state index in [1.807, 2.05) is 0 Å². The molecule has 0 aliphatic carbocycles. The molecular weight excluding hydrogens is 356 g/mol. The van der Waals surface area contributed by atoms with Gasteiger partial charge in [-0.05, 0) is 48.9 Å². The quantitative estimate of drug-likeness (QED) is 0.735.